The van der Waals surface area contributed by atoms with E-state index in [1.807, 2.05) is 50.4 Å². The van der Waals surface area contributed by atoms with Crippen molar-refractivity contribution in [2.75, 3.05) is 11.9 Å². The zero-order valence-electron chi connectivity index (χ0n) is 11.5. The van der Waals surface area contributed by atoms with Crippen LogP contribution in [0.3, 0.4) is 0 Å². The third kappa shape index (κ3) is 2.37. The van der Waals surface area contributed by atoms with Gasteiger partial charge in [-0.2, -0.15) is 0 Å². The van der Waals surface area contributed by atoms with E-state index in [9.17, 15) is 4.79 Å². The second-order valence-electron chi connectivity index (χ2n) is 4.84. The summed E-state index contributed by atoms with van der Waals surface area (Å²) in [5.41, 5.74) is 3.04. The van der Waals surface area contributed by atoms with Gasteiger partial charge < -0.3 is 4.90 Å². The molecule has 0 N–H and O–H groups in total. The van der Waals surface area contributed by atoms with E-state index in [2.05, 4.69) is 17.0 Å². The molecule has 0 atom stereocenters. The summed E-state index contributed by atoms with van der Waals surface area (Å²) < 4.78 is 0. The number of nitrogens with zero attached hydrogens (tertiary/aromatic N) is 1. The first-order valence-electron chi connectivity index (χ1n) is 6.48. The molecule has 0 radical (unpaired) electrons. The van der Waals surface area contributed by atoms with Crippen LogP contribution in [0, 0.1) is 6.92 Å². The molecule has 0 unspecified atom stereocenters. The van der Waals surface area contributed by atoms with E-state index in [1.165, 1.54) is 4.90 Å². The van der Waals surface area contributed by atoms with Crippen molar-refractivity contribution in [1.82, 2.24) is 0 Å². The SMILES string of the molecule is Cc1ccc(C(=O)/C=C2\Sc3ccccc3N2C)cc1. The summed E-state index contributed by atoms with van der Waals surface area (Å²) in [6.45, 7) is 2.02. The first-order chi connectivity index (χ1) is 9.65. The molecule has 20 heavy (non-hydrogen) atoms. The lowest BCUT2D eigenvalue weighted by atomic mass is 10.1. The van der Waals surface area contributed by atoms with Crippen LogP contribution in [0.5, 0.6) is 0 Å². The predicted molar refractivity (Wildman–Crippen MR) is 84.3 cm³/mol. The summed E-state index contributed by atoms with van der Waals surface area (Å²) >= 11 is 1.64. The van der Waals surface area contributed by atoms with Crippen LogP contribution in [0.2, 0.25) is 0 Å². The van der Waals surface area contributed by atoms with E-state index in [-0.39, 0.29) is 5.78 Å². The van der Waals surface area contributed by atoms with Crippen molar-refractivity contribution in [3.63, 3.8) is 0 Å². The minimum Gasteiger partial charge on any atom is -0.338 e. The molecule has 0 bridgehead atoms. The minimum absolute atomic E-state index is 0.0483. The summed E-state index contributed by atoms with van der Waals surface area (Å²) in [7, 11) is 1.99. The monoisotopic (exact) mass is 281 g/mol. The van der Waals surface area contributed by atoms with Gasteiger partial charge in [-0.1, -0.05) is 53.7 Å². The van der Waals surface area contributed by atoms with Gasteiger partial charge in [0.25, 0.3) is 0 Å². The van der Waals surface area contributed by atoms with E-state index in [0.717, 1.165) is 21.8 Å². The molecule has 100 valence electrons. The second kappa shape index (κ2) is 5.17. The Labute approximate surface area is 123 Å². The molecule has 0 amide bonds. The van der Waals surface area contributed by atoms with Crippen molar-refractivity contribution in [3.8, 4) is 0 Å². The molecule has 2 aromatic carbocycles. The lowest BCUT2D eigenvalue weighted by Gasteiger charge is -2.12. The Hall–Kier alpha value is -2.00. The summed E-state index contributed by atoms with van der Waals surface area (Å²) in [5, 5.41) is 0.969. The van der Waals surface area contributed by atoms with Crippen molar-refractivity contribution >= 4 is 23.2 Å². The Morgan fingerprint density at radius 1 is 1.10 bits per heavy atom. The molecule has 0 aliphatic carbocycles. The first-order valence-corrected chi connectivity index (χ1v) is 7.30. The van der Waals surface area contributed by atoms with Crippen LogP contribution in [0.25, 0.3) is 0 Å². The number of thioether (sulfide) groups is 1. The maximum atomic E-state index is 12.3. The van der Waals surface area contributed by atoms with Gasteiger partial charge in [-0.05, 0) is 19.1 Å². The number of carbonyl (C=O) groups excluding carboxylic acids is 1. The second-order valence-corrected chi connectivity index (χ2v) is 5.90. The highest BCUT2D eigenvalue weighted by atomic mass is 32.2. The van der Waals surface area contributed by atoms with E-state index in [0.29, 0.717) is 0 Å². The highest BCUT2D eigenvalue weighted by molar-refractivity contribution is 8.03. The minimum atomic E-state index is 0.0483. The van der Waals surface area contributed by atoms with E-state index >= 15 is 0 Å². The summed E-state index contributed by atoms with van der Waals surface area (Å²) in [5.74, 6) is 0.0483. The van der Waals surface area contributed by atoms with Crippen molar-refractivity contribution in [2.45, 2.75) is 11.8 Å². The van der Waals surface area contributed by atoms with Crippen molar-refractivity contribution in [2.24, 2.45) is 0 Å². The fourth-order valence-corrected chi connectivity index (χ4v) is 3.24. The topological polar surface area (TPSA) is 20.3 Å². The molecule has 3 heteroatoms. The van der Waals surface area contributed by atoms with Gasteiger partial charge >= 0.3 is 0 Å². The number of hydrogen-bond donors (Lipinski definition) is 0. The van der Waals surface area contributed by atoms with Crippen LogP contribution in [0.1, 0.15) is 15.9 Å². The average Bonchev–Trinajstić information content (AvgIpc) is 2.77. The molecule has 1 aliphatic heterocycles. The Morgan fingerprint density at radius 3 is 2.50 bits per heavy atom. The van der Waals surface area contributed by atoms with Crippen molar-refractivity contribution < 1.29 is 4.79 Å². The molecular formula is C17H15NOS. The van der Waals surface area contributed by atoms with Crippen LogP contribution < -0.4 is 4.90 Å². The number of allylic oxidation sites excluding steroid dienone is 1. The number of aryl methyl sites for hydroxylation is 1. The van der Waals surface area contributed by atoms with Gasteiger partial charge in [0.2, 0.25) is 0 Å². The van der Waals surface area contributed by atoms with Gasteiger partial charge in [0.1, 0.15) is 0 Å². The van der Waals surface area contributed by atoms with Crippen molar-refractivity contribution in [1.29, 1.82) is 0 Å². The third-order valence-electron chi connectivity index (χ3n) is 3.36. The Kier molecular flexibility index (Phi) is 3.36. The number of anilines is 1. The normalized spacial score (nSPS) is 15.5. The lowest BCUT2D eigenvalue weighted by Crippen LogP contribution is -2.11. The van der Waals surface area contributed by atoms with Gasteiger partial charge in [0.15, 0.2) is 5.78 Å². The quantitative estimate of drug-likeness (QED) is 0.606. The third-order valence-corrected chi connectivity index (χ3v) is 4.53. The molecule has 0 saturated carbocycles. The van der Waals surface area contributed by atoms with Gasteiger partial charge in [0, 0.05) is 23.6 Å². The number of carbonyl (C=O) groups is 1. The lowest BCUT2D eigenvalue weighted by molar-refractivity contribution is 0.104. The van der Waals surface area contributed by atoms with Gasteiger partial charge in [-0.25, -0.2) is 0 Å². The fraction of sp³-hybridized carbons (Fsp3) is 0.118. The number of benzene rings is 2. The molecule has 0 saturated heterocycles. The maximum absolute atomic E-state index is 12.3. The smallest absolute Gasteiger partial charge is 0.188 e. The zero-order chi connectivity index (χ0) is 14.1. The predicted octanol–water partition coefficient (Wildman–Crippen LogP) is 4.26. The number of rotatable bonds is 2. The van der Waals surface area contributed by atoms with E-state index in [1.54, 1.807) is 17.8 Å². The fourth-order valence-electron chi connectivity index (χ4n) is 2.16. The molecule has 0 fully saturated rings. The van der Waals surface area contributed by atoms with Gasteiger partial charge in [-0.3, -0.25) is 4.79 Å². The van der Waals surface area contributed by atoms with Crippen LogP contribution in [0.15, 0.2) is 64.5 Å². The Balaban J connectivity index is 1.87. The summed E-state index contributed by atoms with van der Waals surface area (Å²) in [6, 6.07) is 15.9. The van der Waals surface area contributed by atoms with E-state index < -0.39 is 0 Å². The molecule has 0 spiro atoms. The number of hydrogen-bond acceptors (Lipinski definition) is 3. The van der Waals surface area contributed by atoms with Gasteiger partial charge in [0.05, 0.1) is 10.7 Å². The zero-order valence-corrected chi connectivity index (χ0v) is 12.3. The van der Waals surface area contributed by atoms with Crippen LogP contribution in [0.4, 0.5) is 5.69 Å². The number of fused-ring (bicyclic) bond motifs is 1. The Bertz CT molecular complexity index is 688. The largest absolute Gasteiger partial charge is 0.338 e. The number of para-hydroxylation sites is 1. The van der Waals surface area contributed by atoms with Crippen LogP contribution in [-0.2, 0) is 0 Å². The standard InChI is InChI=1S/C17H15NOS/c1-12-7-9-13(10-8-12)15(19)11-17-18(2)14-5-3-4-6-16(14)20-17/h3-11H,1-2H3/b17-11-. The molecule has 3 rings (SSSR count). The van der Waals surface area contributed by atoms with E-state index in [4.69, 9.17) is 0 Å². The summed E-state index contributed by atoms with van der Waals surface area (Å²) in [6.07, 6.45) is 1.72. The summed E-state index contributed by atoms with van der Waals surface area (Å²) in [4.78, 5) is 15.5. The molecule has 2 nitrogen and oxygen atoms in total. The van der Waals surface area contributed by atoms with Crippen LogP contribution in [-0.4, -0.2) is 12.8 Å². The Morgan fingerprint density at radius 2 is 1.80 bits per heavy atom. The van der Waals surface area contributed by atoms with Crippen LogP contribution >= 0.6 is 11.8 Å². The first kappa shape index (κ1) is 13.0. The molecule has 0 aromatic heterocycles. The number of ketones is 1. The van der Waals surface area contributed by atoms with Gasteiger partial charge in [-0.15, -0.1) is 0 Å². The molecule has 1 aliphatic rings. The molecule has 1 heterocycles. The highest BCUT2D eigenvalue weighted by Crippen LogP contribution is 2.44. The van der Waals surface area contributed by atoms with Crippen molar-refractivity contribution in [3.05, 3.63) is 70.8 Å². The average molecular weight is 281 g/mol. The molecule has 2 aromatic rings. The molecular weight excluding hydrogens is 266 g/mol. The maximum Gasteiger partial charge on any atom is 0.188 e. The highest BCUT2D eigenvalue weighted by Gasteiger charge is 2.22.